The molecule has 0 radical (unpaired) electrons. The van der Waals surface area contributed by atoms with E-state index in [1.54, 1.807) is 0 Å². The van der Waals surface area contributed by atoms with Crippen molar-refractivity contribution in [2.75, 3.05) is 11.1 Å². The number of fused-ring (bicyclic) bond motifs is 1. The van der Waals surface area contributed by atoms with E-state index >= 15 is 0 Å². The van der Waals surface area contributed by atoms with E-state index < -0.39 is 12.0 Å². The highest BCUT2D eigenvalue weighted by atomic mass is 32.2. The predicted octanol–water partition coefficient (Wildman–Crippen LogP) is 2.97. The Labute approximate surface area is 117 Å². The van der Waals surface area contributed by atoms with Gasteiger partial charge in [0.2, 0.25) is 0 Å². The first-order chi connectivity index (χ1) is 9.20. The van der Waals surface area contributed by atoms with Crippen molar-refractivity contribution in [1.82, 2.24) is 4.98 Å². The summed E-state index contributed by atoms with van der Waals surface area (Å²) in [5.41, 5.74) is 0.836. The van der Waals surface area contributed by atoms with Gasteiger partial charge in [0.05, 0.1) is 10.2 Å². The van der Waals surface area contributed by atoms with E-state index in [4.69, 9.17) is 5.11 Å². The van der Waals surface area contributed by atoms with Crippen molar-refractivity contribution in [3.05, 3.63) is 29.2 Å². The molecular weight excluding hydrogens is 286 g/mol. The largest absolute Gasteiger partial charge is 0.480 e. The number of rotatable bonds is 7. The second-order valence-corrected chi connectivity index (χ2v) is 5.56. The number of para-hydroxylation sites is 1. The Morgan fingerprint density at radius 2 is 2.32 bits per heavy atom. The minimum atomic E-state index is -0.967. The predicted molar refractivity (Wildman–Crippen MR) is 77.5 cm³/mol. The third kappa shape index (κ3) is 3.65. The Kier molecular flexibility index (Phi) is 4.69. The number of carboxylic acids is 1. The molecule has 2 rings (SSSR count). The molecule has 0 bridgehead atoms. The highest BCUT2D eigenvalue weighted by molar-refractivity contribution is 7.97. The standard InChI is InChI=1S/C11H11N3O3S2/c15-10(16)8(5-6-18-14-17)13-11-12-7-3-1-2-4-9(7)19-11/h1-4,8H,5-6H2,(H,12,13)(H,15,16). The number of carboxylic acid groups (broad SMARTS) is 1. The summed E-state index contributed by atoms with van der Waals surface area (Å²) in [6.45, 7) is 0. The number of anilines is 1. The number of hydrogen-bond acceptors (Lipinski definition) is 7. The first kappa shape index (κ1) is 13.8. The molecule has 2 aromatic rings. The van der Waals surface area contributed by atoms with Gasteiger partial charge in [-0.25, -0.2) is 9.78 Å². The smallest absolute Gasteiger partial charge is 0.326 e. The Morgan fingerprint density at radius 3 is 3.00 bits per heavy atom. The Bertz CT molecular complexity index is 554. The van der Waals surface area contributed by atoms with Crippen LogP contribution >= 0.6 is 23.3 Å². The van der Waals surface area contributed by atoms with Gasteiger partial charge in [0.15, 0.2) is 5.13 Å². The van der Waals surface area contributed by atoms with Crippen LogP contribution in [0, 0.1) is 4.91 Å². The number of carbonyl (C=O) groups is 1. The first-order valence-electron chi connectivity index (χ1n) is 5.50. The maximum absolute atomic E-state index is 11.1. The Balaban J connectivity index is 2.07. The second kappa shape index (κ2) is 6.48. The summed E-state index contributed by atoms with van der Waals surface area (Å²) < 4.78 is 3.64. The number of hydrogen-bond donors (Lipinski definition) is 2. The molecule has 19 heavy (non-hydrogen) atoms. The van der Waals surface area contributed by atoms with Crippen LogP contribution in [0.5, 0.6) is 0 Å². The number of thiazole rings is 1. The van der Waals surface area contributed by atoms with Crippen LogP contribution in [-0.4, -0.2) is 27.9 Å². The minimum Gasteiger partial charge on any atom is -0.480 e. The van der Waals surface area contributed by atoms with Crippen molar-refractivity contribution < 1.29 is 9.90 Å². The summed E-state index contributed by atoms with van der Waals surface area (Å²) in [5, 5.41) is 12.6. The van der Waals surface area contributed by atoms with E-state index in [1.807, 2.05) is 24.3 Å². The van der Waals surface area contributed by atoms with E-state index in [-0.39, 0.29) is 0 Å². The van der Waals surface area contributed by atoms with Crippen LogP contribution in [0.25, 0.3) is 10.2 Å². The van der Waals surface area contributed by atoms with Gasteiger partial charge in [-0.05, 0) is 18.6 Å². The van der Waals surface area contributed by atoms with E-state index in [2.05, 4.69) is 14.9 Å². The van der Waals surface area contributed by atoms with Crippen molar-refractivity contribution in [1.29, 1.82) is 0 Å². The van der Waals surface area contributed by atoms with Gasteiger partial charge in [-0.2, -0.15) is 0 Å². The molecule has 2 N–H and O–H groups in total. The maximum atomic E-state index is 11.1. The SMILES string of the molecule is O=NSCCC(Nc1nc2ccccc2s1)C(=O)O. The molecule has 1 aromatic carbocycles. The molecule has 0 fully saturated rings. The molecule has 100 valence electrons. The Morgan fingerprint density at radius 1 is 1.53 bits per heavy atom. The summed E-state index contributed by atoms with van der Waals surface area (Å²) in [6.07, 6.45) is 0.307. The third-order valence-corrected chi connectivity index (χ3v) is 3.93. The lowest BCUT2D eigenvalue weighted by Gasteiger charge is -2.11. The quantitative estimate of drug-likeness (QED) is 0.464. The van der Waals surface area contributed by atoms with Crippen LogP contribution in [-0.2, 0) is 4.79 Å². The molecule has 1 heterocycles. The van der Waals surface area contributed by atoms with Crippen molar-refractivity contribution >= 4 is 44.6 Å². The van der Waals surface area contributed by atoms with Gasteiger partial charge >= 0.3 is 5.97 Å². The lowest BCUT2D eigenvalue weighted by Crippen LogP contribution is -2.29. The molecule has 0 saturated carbocycles. The summed E-state index contributed by atoms with van der Waals surface area (Å²) in [5.74, 6) is -0.607. The summed E-state index contributed by atoms with van der Waals surface area (Å²) in [4.78, 5) is 25.4. The van der Waals surface area contributed by atoms with Gasteiger partial charge < -0.3 is 10.4 Å². The van der Waals surface area contributed by atoms with Crippen LogP contribution in [0.1, 0.15) is 6.42 Å². The third-order valence-electron chi connectivity index (χ3n) is 2.44. The van der Waals surface area contributed by atoms with E-state index in [0.29, 0.717) is 17.3 Å². The first-order valence-corrected chi connectivity index (χ1v) is 7.26. The van der Waals surface area contributed by atoms with Crippen molar-refractivity contribution in [3.63, 3.8) is 0 Å². The van der Waals surface area contributed by atoms with Crippen LogP contribution in [0.15, 0.2) is 28.8 Å². The van der Waals surface area contributed by atoms with Gasteiger partial charge in [-0.1, -0.05) is 23.5 Å². The van der Waals surface area contributed by atoms with E-state index in [9.17, 15) is 9.70 Å². The molecule has 0 saturated heterocycles. The molecule has 1 unspecified atom stereocenters. The highest BCUT2D eigenvalue weighted by Gasteiger charge is 2.18. The van der Waals surface area contributed by atoms with Crippen molar-refractivity contribution in [2.24, 2.45) is 4.58 Å². The zero-order valence-electron chi connectivity index (χ0n) is 9.78. The average Bonchev–Trinajstić information content (AvgIpc) is 2.80. The van der Waals surface area contributed by atoms with E-state index in [1.165, 1.54) is 11.3 Å². The molecule has 6 nitrogen and oxygen atoms in total. The molecule has 8 heteroatoms. The summed E-state index contributed by atoms with van der Waals surface area (Å²) in [7, 11) is 0. The molecule has 1 atom stereocenters. The normalized spacial score (nSPS) is 12.2. The monoisotopic (exact) mass is 297 g/mol. The lowest BCUT2D eigenvalue weighted by molar-refractivity contribution is -0.137. The fraction of sp³-hybridized carbons (Fsp3) is 0.273. The topological polar surface area (TPSA) is 91.7 Å². The van der Waals surface area contributed by atoms with Gasteiger partial charge in [-0.15, -0.1) is 4.91 Å². The second-order valence-electron chi connectivity index (χ2n) is 3.72. The molecule has 0 aliphatic heterocycles. The number of nitrogens with zero attached hydrogens (tertiary/aromatic N) is 2. The average molecular weight is 297 g/mol. The highest BCUT2D eigenvalue weighted by Crippen LogP contribution is 2.26. The van der Waals surface area contributed by atoms with E-state index in [0.717, 1.165) is 22.2 Å². The molecule has 0 spiro atoms. The van der Waals surface area contributed by atoms with Crippen LogP contribution in [0.2, 0.25) is 0 Å². The molecule has 0 aliphatic rings. The van der Waals surface area contributed by atoms with Gasteiger partial charge in [-0.3, -0.25) is 0 Å². The molecule has 0 aliphatic carbocycles. The zero-order chi connectivity index (χ0) is 13.7. The molecule has 0 amide bonds. The molecular formula is C11H11N3O3S2. The molecule has 1 aromatic heterocycles. The summed E-state index contributed by atoms with van der Waals surface area (Å²) >= 11 is 2.22. The van der Waals surface area contributed by atoms with Crippen molar-refractivity contribution in [2.45, 2.75) is 12.5 Å². The van der Waals surface area contributed by atoms with Crippen LogP contribution in [0.3, 0.4) is 0 Å². The van der Waals surface area contributed by atoms with Gasteiger partial charge in [0.25, 0.3) is 0 Å². The fourth-order valence-electron chi connectivity index (χ4n) is 1.55. The van der Waals surface area contributed by atoms with Gasteiger partial charge in [0.1, 0.15) is 6.04 Å². The van der Waals surface area contributed by atoms with Crippen LogP contribution in [0.4, 0.5) is 5.13 Å². The van der Waals surface area contributed by atoms with Crippen molar-refractivity contribution in [3.8, 4) is 0 Å². The number of nitroso groups, excluding NO2 is 1. The zero-order valence-corrected chi connectivity index (χ0v) is 11.4. The number of benzene rings is 1. The lowest BCUT2D eigenvalue weighted by atomic mass is 10.2. The maximum Gasteiger partial charge on any atom is 0.326 e. The number of aliphatic carboxylic acids is 1. The Hall–Kier alpha value is -1.67. The van der Waals surface area contributed by atoms with Crippen LogP contribution < -0.4 is 5.32 Å². The minimum absolute atomic E-state index is 0.307. The number of aromatic nitrogens is 1. The summed E-state index contributed by atoms with van der Waals surface area (Å²) in [6, 6.07) is 6.83. The number of nitrogens with one attached hydrogen (secondary N) is 1. The fourth-order valence-corrected chi connectivity index (χ4v) is 2.88. The van der Waals surface area contributed by atoms with Gasteiger partial charge in [0, 0.05) is 22.3 Å².